The molecule has 0 aliphatic heterocycles. The molecule has 0 bridgehead atoms. The minimum absolute atomic E-state index is 0.0446. The van der Waals surface area contributed by atoms with E-state index in [9.17, 15) is 9.59 Å². The van der Waals surface area contributed by atoms with Gasteiger partial charge >= 0.3 is 5.97 Å². The Morgan fingerprint density at radius 3 is 2.10 bits per heavy atom. The number of esters is 1. The van der Waals surface area contributed by atoms with Crippen LogP contribution in [0.5, 0.6) is 5.75 Å². The zero-order chi connectivity index (χ0) is 21.8. The van der Waals surface area contributed by atoms with Crippen molar-refractivity contribution in [3.63, 3.8) is 0 Å². The van der Waals surface area contributed by atoms with E-state index in [-0.39, 0.29) is 22.5 Å². The van der Waals surface area contributed by atoms with Gasteiger partial charge in [0.25, 0.3) is 0 Å². The lowest BCUT2D eigenvalue weighted by molar-refractivity contribution is 0.00662. The monoisotopic (exact) mass is 414 g/mol. The first-order valence-electron chi connectivity index (χ1n) is 9.59. The van der Waals surface area contributed by atoms with Gasteiger partial charge in [-0.05, 0) is 50.5 Å². The van der Waals surface area contributed by atoms with E-state index in [2.05, 4.69) is 0 Å². The number of ether oxygens (including phenoxy) is 2. The fraction of sp³-hybridized carbons (Fsp3) is 0.417. The van der Waals surface area contributed by atoms with Crippen molar-refractivity contribution >= 4 is 23.5 Å². The highest BCUT2D eigenvalue weighted by molar-refractivity contribution is 8.00. The molecule has 4 nitrogen and oxygen atoms in total. The fourth-order valence-electron chi connectivity index (χ4n) is 2.80. The summed E-state index contributed by atoms with van der Waals surface area (Å²) in [6.07, 6.45) is 0. The summed E-state index contributed by atoms with van der Waals surface area (Å²) < 4.78 is 11.1. The Kier molecular flexibility index (Phi) is 7.17. The smallest absolute Gasteiger partial charge is 0.342 e. The molecule has 0 saturated carbocycles. The normalized spacial score (nSPS) is 11.8. The minimum Gasteiger partial charge on any atom is -0.496 e. The van der Waals surface area contributed by atoms with Crippen molar-refractivity contribution in [1.82, 2.24) is 0 Å². The molecule has 156 valence electrons. The number of Topliss-reactive ketones (excluding diaryl/α,β-unsaturated/α-hetero) is 1. The first-order valence-corrected chi connectivity index (χ1v) is 10.6. The summed E-state index contributed by atoms with van der Waals surface area (Å²) in [6.45, 7) is 11.5. The molecule has 0 aliphatic carbocycles. The SMILES string of the molecule is COc1c(C(=O)OC(C)(C)C)cc(C(=O)CSc2ccccc2)cc1C(C)(C)C. The highest BCUT2D eigenvalue weighted by atomic mass is 32.2. The van der Waals surface area contributed by atoms with E-state index in [0.29, 0.717) is 11.3 Å². The lowest BCUT2D eigenvalue weighted by atomic mass is 9.83. The van der Waals surface area contributed by atoms with Gasteiger partial charge in [0.2, 0.25) is 0 Å². The molecule has 0 unspecified atom stereocenters. The van der Waals surface area contributed by atoms with Crippen LogP contribution in [-0.4, -0.2) is 30.2 Å². The summed E-state index contributed by atoms with van der Waals surface area (Å²) in [4.78, 5) is 26.8. The van der Waals surface area contributed by atoms with Gasteiger partial charge in [0, 0.05) is 16.0 Å². The fourth-order valence-corrected chi connectivity index (χ4v) is 3.61. The number of methoxy groups -OCH3 is 1. The van der Waals surface area contributed by atoms with Gasteiger partial charge in [-0.25, -0.2) is 4.79 Å². The molecule has 0 fully saturated rings. The van der Waals surface area contributed by atoms with Crippen LogP contribution in [0.25, 0.3) is 0 Å². The molecule has 0 atom stereocenters. The first-order chi connectivity index (χ1) is 13.4. The van der Waals surface area contributed by atoms with Gasteiger partial charge in [0.05, 0.1) is 12.9 Å². The molecule has 0 aromatic heterocycles. The molecule has 2 rings (SSSR count). The summed E-state index contributed by atoms with van der Waals surface area (Å²) in [5.41, 5.74) is 0.609. The van der Waals surface area contributed by atoms with Crippen molar-refractivity contribution in [3.05, 3.63) is 59.2 Å². The van der Waals surface area contributed by atoms with Gasteiger partial charge in [-0.2, -0.15) is 0 Å². The van der Waals surface area contributed by atoms with Crippen LogP contribution in [0.2, 0.25) is 0 Å². The summed E-state index contributed by atoms with van der Waals surface area (Å²) in [5.74, 6) is 0.203. The van der Waals surface area contributed by atoms with Crippen LogP contribution >= 0.6 is 11.8 Å². The molecule has 0 radical (unpaired) electrons. The number of ketones is 1. The molecule has 0 aliphatic rings. The van der Waals surface area contributed by atoms with Crippen LogP contribution in [-0.2, 0) is 10.2 Å². The molecular weight excluding hydrogens is 384 g/mol. The van der Waals surface area contributed by atoms with Crippen LogP contribution in [0.1, 0.15) is 67.8 Å². The van der Waals surface area contributed by atoms with Crippen molar-refractivity contribution in [3.8, 4) is 5.75 Å². The Bertz CT molecular complexity index is 874. The Balaban J connectivity index is 2.45. The van der Waals surface area contributed by atoms with Crippen LogP contribution in [0.15, 0.2) is 47.4 Å². The van der Waals surface area contributed by atoms with Crippen LogP contribution in [0.3, 0.4) is 0 Å². The molecule has 5 heteroatoms. The highest BCUT2D eigenvalue weighted by Crippen LogP contribution is 2.36. The highest BCUT2D eigenvalue weighted by Gasteiger charge is 2.29. The molecule has 0 heterocycles. The zero-order valence-electron chi connectivity index (χ0n) is 18.3. The number of hydrogen-bond acceptors (Lipinski definition) is 5. The van der Waals surface area contributed by atoms with E-state index in [4.69, 9.17) is 9.47 Å². The van der Waals surface area contributed by atoms with Crippen molar-refractivity contribution in [1.29, 1.82) is 0 Å². The molecule has 0 amide bonds. The van der Waals surface area contributed by atoms with Crippen molar-refractivity contribution < 1.29 is 19.1 Å². The topological polar surface area (TPSA) is 52.6 Å². The second kappa shape index (κ2) is 9.04. The molecule has 0 saturated heterocycles. The Morgan fingerprint density at radius 2 is 1.59 bits per heavy atom. The number of rotatable bonds is 6. The number of benzene rings is 2. The predicted octanol–water partition coefficient (Wildman–Crippen LogP) is 5.92. The number of hydrogen-bond donors (Lipinski definition) is 0. The first kappa shape index (κ1) is 23.0. The Hall–Kier alpha value is -2.27. The molecule has 2 aromatic rings. The van der Waals surface area contributed by atoms with Gasteiger partial charge < -0.3 is 9.47 Å². The summed E-state index contributed by atoms with van der Waals surface area (Å²) in [7, 11) is 1.53. The standard InChI is InChI=1S/C24H30O4S/c1-23(2,3)19-14-16(20(25)15-29-17-11-9-8-10-12-17)13-18(21(19)27-7)22(26)28-24(4,5)6/h8-14H,15H2,1-7H3. The third-order valence-electron chi connectivity index (χ3n) is 4.15. The van der Waals surface area contributed by atoms with Gasteiger partial charge in [0.1, 0.15) is 16.9 Å². The van der Waals surface area contributed by atoms with Crippen molar-refractivity contribution in [2.24, 2.45) is 0 Å². The number of carbonyl (C=O) groups is 2. The lowest BCUT2D eigenvalue weighted by Gasteiger charge is -2.26. The third kappa shape index (κ3) is 6.36. The van der Waals surface area contributed by atoms with E-state index in [1.54, 1.807) is 6.07 Å². The predicted molar refractivity (Wildman–Crippen MR) is 118 cm³/mol. The average Bonchev–Trinajstić information content (AvgIpc) is 2.63. The number of thioether (sulfide) groups is 1. The average molecular weight is 415 g/mol. The van der Waals surface area contributed by atoms with Gasteiger partial charge in [-0.15, -0.1) is 11.8 Å². The largest absolute Gasteiger partial charge is 0.496 e. The van der Waals surface area contributed by atoms with Gasteiger partial charge in [0.15, 0.2) is 5.78 Å². The molecule has 0 N–H and O–H groups in total. The zero-order valence-corrected chi connectivity index (χ0v) is 19.1. The van der Waals surface area contributed by atoms with Gasteiger partial charge in [-0.3, -0.25) is 4.79 Å². The van der Waals surface area contributed by atoms with Crippen LogP contribution in [0, 0.1) is 0 Å². The van der Waals surface area contributed by atoms with Gasteiger partial charge in [-0.1, -0.05) is 39.0 Å². The molecule has 0 spiro atoms. The van der Waals surface area contributed by atoms with E-state index in [1.165, 1.54) is 18.9 Å². The van der Waals surface area contributed by atoms with Crippen molar-refractivity contribution in [2.75, 3.05) is 12.9 Å². The summed E-state index contributed by atoms with van der Waals surface area (Å²) in [5, 5.41) is 0. The third-order valence-corrected chi connectivity index (χ3v) is 5.17. The van der Waals surface area contributed by atoms with E-state index >= 15 is 0 Å². The lowest BCUT2D eigenvalue weighted by Crippen LogP contribution is -2.25. The molecular formula is C24H30O4S. The Morgan fingerprint density at radius 1 is 0.966 bits per heavy atom. The maximum Gasteiger partial charge on any atom is 0.342 e. The van der Waals surface area contributed by atoms with Crippen molar-refractivity contribution in [2.45, 2.75) is 57.5 Å². The van der Waals surface area contributed by atoms with E-state index in [1.807, 2.05) is 77.9 Å². The number of carbonyl (C=O) groups excluding carboxylic acids is 2. The second-order valence-corrected chi connectivity index (χ2v) is 9.93. The van der Waals surface area contributed by atoms with Crippen LogP contribution < -0.4 is 4.74 Å². The Labute approximate surface area is 178 Å². The van der Waals surface area contributed by atoms with E-state index < -0.39 is 11.6 Å². The summed E-state index contributed by atoms with van der Waals surface area (Å²) >= 11 is 1.47. The molecule has 2 aromatic carbocycles. The summed E-state index contributed by atoms with van der Waals surface area (Å²) in [6, 6.07) is 13.2. The quantitative estimate of drug-likeness (QED) is 0.333. The maximum atomic E-state index is 12.9. The van der Waals surface area contributed by atoms with Crippen LogP contribution in [0.4, 0.5) is 0 Å². The maximum absolute atomic E-state index is 12.9. The minimum atomic E-state index is -0.646. The van der Waals surface area contributed by atoms with E-state index in [0.717, 1.165) is 10.5 Å². The second-order valence-electron chi connectivity index (χ2n) is 8.88. The molecule has 29 heavy (non-hydrogen) atoms.